The van der Waals surface area contributed by atoms with Crippen LogP contribution in [0.15, 0.2) is 84.9 Å². The predicted octanol–water partition coefficient (Wildman–Crippen LogP) is 6.51. The molecule has 4 heteroatoms. The zero-order valence-electron chi connectivity index (χ0n) is 14.8. The molecule has 6 rings (SSSR count). The molecule has 3 aromatic heterocycles. The summed E-state index contributed by atoms with van der Waals surface area (Å²) in [6.45, 7) is 0. The molecule has 0 amide bonds. The lowest BCUT2D eigenvalue weighted by Crippen LogP contribution is -1.92. The van der Waals surface area contributed by atoms with Crippen LogP contribution in [0.1, 0.15) is 0 Å². The number of nitrogens with zero attached hydrogens (tertiary/aromatic N) is 3. The molecule has 28 heavy (non-hydrogen) atoms. The molecular formula is C24H14ClN3. The molecule has 6 aromatic rings. The number of fused-ring (bicyclic) bond motifs is 7. The van der Waals surface area contributed by atoms with Gasteiger partial charge in [0, 0.05) is 27.8 Å². The first kappa shape index (κ1) is 15.6. The molecule has 0 aliphatic heterocycles. The van der Waals surface area contributed by atoms with Gasteiger partial charge in [-0.3, -0.25) is 4.40 Å². The summed E-state index contributed by atoms with van der Waals surface area (Å²) in [5.74, 6) is 0. The van der Waals surface area contributed by atoms with Crippen molar-refractivity contribution in [1.82, 2.24) is 14.4 Å². The van der Waals surface area contributed by atoms with Crippen LogP contribution in [0.3, 0.4) is 0 Å². The van der Waals surface area contributed by atoms with Crippen LogP contribution in [0, 0.1) is 0 Å². The lowest BCUT2D eigenvalue weighted by Gasteiger charge is -2.09. The van der Waals surface area contributed by atoms with Crippen LogP contribution in [0.5, 0.6) is 0 Å². The number of rotatable bonds is 1. The Labute approximate surface area is 165 Å². The quantitative estimate of drug-likeness (QED) is 0.326. The minimum atomic E-state index is 0.700. The number of pyridine rings is 2. The van der Waals surface area contributed by atoms with Gasteiger partial charge in [-0.05, 0) is 6.07 Å². The Morgan fingerprint density at radius 3 is 2.18 bits per heavy atom. The molecule has 0 spiro atoms. The van der Waals surface area contributed by atoms with Crippen molar-refractivity contribution in [3.8, 4) is 11.3 Å². The number of benzene rings is 3. The second kappa shape index (κ2) is 5.78. The SMILES string of the molecule is Clc1cc2nc3nc(-c4ccccc4)c4ccccc4c3n2c2ccccc12. The number of hydrogen-bond acceptors (Lipinski definition) is 2. The van der Waals surface area contributed by atoms with Gasteiger partial charge in [-0.1, -0.05) is 84.4 Å². The Morgan fingerprint density at radius 2 is 1.36 bits per heavy atom. The summed E-state index contributed by atoms with van der Waals surface area (Å²) in [4.78, 5) is 9.80. The van der Waals surface area contributed by atoms with Gasteiger partial charge in [0.1, 0.15) is 11.2 Å². The van der Waals surface area contributed by atoms with Crippen LogP contribution in [-0.4, -0.2) is 14.4 Å². The zero-order valence-corrected chi connectivity index (χ0v) is 15.6. The van der Waals surface area contributed by atoms with E-state index in [1.165, 1.54) is 0 Å². The minimum Gasteiger partial charge on any atom is -0.290 e. The molecule has 132 valence electrons. The largest absolute Gasteiger partial charge is 0.290 e. The van der Waals surface area contributed by atoms with Crippen LogP contribution in [0.4, 0.5) is 0 Å². The molecule has 0 bridgehead atoms. The predicted molar refractivity (Wildman–Crippen MR) is 116 cm³/mol. The van der Waals surface area contributed by atoms with Crippen molar-refractivity contribution in [2.24, 2.45) is 0 Å². The van der Waals surface area contributed by atoms with Crippen molar-refractivity contribution in [1.29, 1.82) is 0 Å². The highest BCUT2D eigenvalue weighted by Gasteiger charge is 2.17. The molecule has 0 saturated heterocycles. The smallest absolute Gasteiger partial charge is 0.179 e. The van der Waals surface area contributed by atoms with Crippen molar-refractivity contribution in [3.05, 3.63) is 90.0 Å². The van der Waals surface area contributed by atoms with Crippen molar-refractivity contribution >= 4 is 50.1 Å². The number of aromatic nitrogens is 3. The summed E-state index contributed by atoms with van der Waals surface area (Å²) in [5, 5.41) is 3.95. The Morgan fingerprint density at radius 1 is 0.679 bits per heavy atom. The maximum absolute atomic E-state index is 6.54. The standard InChI is InChI=1S/C24H14ClN3/c25-19-14-21-26-24-23(28(21)20-13-7-6-12-18(19)20)17-11-5-4-10-16(17)22(27-24)15-8-2-1-3-9-15/h1-14H. The van der Waals surface area contributed by atoms with Crippen LogP contribution in [0.2, 0.25) is 5.02 Å². The first-order chi connectivity index (χ1) is 13.8. The van der Waals surface area contributed by atoms with E-state index >= 15 is 0 Å². The second-order valence-corrected chi connectivity index (χ2v) is 7.27. The van der Waals surface area contributed by atoms with Gasteiger partial charge in [-0.15, -0.1) is 0 Å². The molecule has 3 heterocycles. The van der Waals surface area contributed by atoms with Gasteiger partial charge in [0.05, 0.1) is 16.2 Å². The van der Waals surface area contributed by atoms with E-state index in [-0.39, 0.29) is 0 Å². The van der Waals surface area contributed by atoms with Crippen LogP contribution in [-0.2, 0) is 0 Å². The highest BCUT2D eigenvalue weighted by Crippen LogP contribution is 2.35. The molecule has 0 saturated carbocycles. The fourth-order valence-corrected chi connectivity index (χ4v) is 4.28. The summed E-state index contributed by atoms with van der Waals surface area (Å²) >= 11 is 6.54. The first-order valence-corrected chi connectivity index (χ1v) is 9.52. The van der Waals surface area contributed by atoms with E-state index in [9.17, 15) is 0 Å². The van der Waals surface area contributed by atoms with Gasteiger partial charge in [0.15, 0.2) is 5.65 Å². The van der Waals surface area contributed by atoms with Crippen LogP contribution >= 0.6 is 11.6 Å². The number of imidazole rings is 1. The van der Waals surface area contributed by atoms with Crippen LogP contribution < -0.4 is 0 Å². The molecule has 3 nitrogen and oxygen atoms in total. The van der Waals surface area contributed by atoms with Gasteiger partial charge in [0.25, 0.3) is 0 Å². The van der Waals surface area contributed by atoms with E-state index in [1.54, 1.807) is 0 Å². The third-order valence-electron chi connectivity index (χ3n) is 5.25. The van der Waals surface area contributed by atoms with Gasteiger partial charge < -0.3 is 0 Å². The average Bonchev–Trinajstić information content (AvgIpc) is 3.12. The maximum Gasteiger partial charge on any atom is 0.179 e. The summed E-state index contributed by atoms with van der Waals surface area (Å²) in [6.07, 6.45) is 0. The zero-order chi connectivity index (χ0) is 18.7. The molecule has 0 aliphatic carbocycles. The van der Waals surface area contributed by atoms with E-state index in [1.807, 2.05) is 42.5 Å². The first-order valence-electron chi connectivity index (χ1n) is 9.15. The number of para-hydroxylation sites is 1. The topological polar surface area (TPSA) is 30.2 Å². The molecule has 0 fully saturated rings. The van der Waals surface area contributed by atoms with Crippen LogP contribution in [0.25, 0.3) is 49.7 Å². The summed E-state index contributed by atoms with van der Waals surface area (Å²) in [7, 11) is 0. The van der Waals surface area contributed by atoms with Gasteiger partial charge in [-0.2, -0.15) is 0 Å². The van der Waals surface area contributed by atoms with E-state index in [2.05, 4.69) is 46.9 Å². The number of hydrogen-bond donors (Lipinski definition) is 0. The fourth-order valence-electron chi connectivity index (χ4n) is 4.03. The van der Waals surface area contributed by atoms with E-state index < -0.39 is 0 Å². The fraction of sp³-hybridized carbons (Fsp3) is 0. The highest BCUT2D eigenvalue weighted by molar-refractivity contribution is 6.36. The Balaban J connectivity index is 1.88. The Hall–Kier alpha value is -3.43. The lowest BCUT2D eigenvalue weighted by atomic mass is 10.0. The highest BCUT2D eigenvalue weighted by atomic mass is 35.5. The molecule has 0 unspecified atom stereocenters. The molecule has 0 N–H and O–H groups in total. The Kier molecular flexibility index (Phi) is 3.22. The van der Waals surface area contributed by atoms with Gasteiger partial charge in [-0.25, -0.2) is 9.97 Å². The normalized spacial score (nSPS) is 11.8. The monoisotopic (exact) mass is 379 g/mol. The molecule has 0 radical (unpaired) electrons. The maximum atomic E-state index is 6.54. The molecular weight excluding hydrogens is 366 g/mol. The Bertz CT molecular complexity index is 1520. The average molecular weight is 380 g/mol. The van der Waals surface area contributed by atoms with Crippen molar-refractivity contribution < 1.29 is 0 Å². The molecule has 0 atom stereocenters. The summed E-state index contributed by atoms with van der Waals surface area (Å²) in [6, 6.07) is 28.7. The van der Waals surface area contributed by atoms with E-state index in [0.29, 0.717) is 5.02 Å². The second-order valence-electron chi connectivity index (χ2n) is 6.86. The molecule has 0 aliphatic rings. The summed E-state index contributed by atoms with van der Waals surface area (Å²) in [5.41, 5.74) is 5.61. The van der Waals surface area contributed by atoms with E-state index in [0.717, 1.165) is 49.7 Å². The van der Waals surface area contributed by atoms with Crippen molar-refractivity contribution in [2.75, 3.05) is 0 Å². The van der Waals surface area contributed by atoms with E-state index in [4.69, 9.17) is 21.6 Å². The van der Waals surface area contributed by atoms with Gasteiger partial charge in [0.2, 0.25) is 0 Å². The lowest BCUT2D eigenvalue weighted by molar-refractivity contribution is 1.30. The van der Waals surface area contributed by atoms with Gasteiger partial charge >= 0.3 is 0 Å². The van der Waals surface area contributed by atoms with Crippen molar-refractivity contribution in [3.63, 3.8) is 0 Å². The minimum absolute atomic E-state index is 0.700. The third-order valence-corrected chi connectivity index (χ3v) is 5.56. The number of halogens is 1. The summed E-state index contributed by atoms with van der Waals surface area (Å²) < 4.78 is 2.17. The molecule has 3 aromatic carbocycles. The van der Waals surface area contributed by atoms with Crippen molar-refractivity contribution in [2.45, 2.75) is 0 Å². The third kappa shape index (κ3) is 2.11.